The molecular weight excluding hydrogens is 250 g/mol. The molecule has 1 saturated carbocycles. The van der Waals surface area contributed by atoms with Crippen molar-refractivity contribution in [3.63, 3.8) is 0 Å². The predicted octanol–water partition coefficient (Wildman–Crippen LogP) is 1.83. The van der Waals surface area contributed by atoms with E-state index in [2.05, 4.69) is 21.6 Å². The van der Waals surface area contributed by atoms with Crippen molar-refractivity contribution in [2.24, 2.45) is 5.41 Å². The molecule has 0 radical (unpaired) electrons. The molecule has 0 unspecified atom stereocenters. The average Bonchev–Trinajstić information content (AvgIpc) is 2.93. The molecule has 0 amide bonds. The van der Waals surface area contributed by atoms with E-state index in [-0.39, 0.29) is 10.4 Å². The van der Waals surface area contributed by atoms with E-state index < -0.39 is 10.0 Å². The highest BCUT2D eigenvalue weighted by molar-refractivity contribution is 7.89. The van der Waals surface area contributed by atoms with Crippen molar-refractivity contribution >= 4 is 10.0 Å². The summed E-state index contributed by atoms with van der Waals surface area (Å²) in [5.41, 5.74) is 0.218. The van der Waals surface area contributed by atoms with Gasteiger partial charge in [0.05, 0.1) is 6.20 Å². The Bertz CT molecular complexity index is 503. The van der Waals surface area contributed by atoms with Gasteiger partial charge in [0.25, 0.3) is 10.0 Å². The van der Waals surface area contributed by atoms with Crippen LogP contribution in [0.1, 0.15) is 45.4 Å². The Morgan fingerprint density at radius 3 is 2.67 bits per heavy atom. The van der Waals surface area contributed by atoms with Gasteiger partial charge in [0, 0.05) is 13.0 Å². The fourth-order valence-electron chi connectivity index (χ4n) is 2.21. The van der Waals surface area contributed by atoms with E-state index >= 15 is 0 Å². The number of sulfonamides is 1. The number of aryl methyl sites for hydroxylation is 1. The molecule has 0 saturated heterocycles. The molecule has 1 aromatic rings. The van der Waals surface area contributed by atoms with Crippen LogP contribution >= 0.6 is 0 Å². The number of rotatable bonds is 7. The van der Waals surface area contributed by atoms with E-state index in [1.54, 1.807) is 0 Å². The molecule has 102 valence electrons. The summed E-state index contributed by atoms with van der Waals surface area (Å²) in [6.45, 7) is 4.61. The molecule has 2 N–H and O–H groups in total. The second-order valence-electron chi connectivity index (χ2n) is 5.12. The van der Waals surface area contributed by atoms with Crippen LogP contribution in [0.25, 0.3) is 0 Å². The lowest BCUT2D eigenvalue weighted by molar-refractivity contribution is 0.449. The summed E-state index contributed by atoms with van der Waals surface area (Å²) < 4.78 is 26.8. The number of aromatic amines is 1. The normalized spacial score (nSPS) is 17.9. The molecule has 1 heterocycles. The molecule has 0 aromatic carbocycles. The lowest BCUT2D eigenvalue weighted by atomic mass is 10.0. The Hall–Kier alpha value is -0.880. The first-order valence-electron chi connectivity index (χ1n) is 6.55. The third-order valence-corrected chi connectivity index (χ3v) is 4.92. The number of H-pyrrole nitrogens is 1. The van der Waals surface area contributed by atoms with Crippen LogP contribution in [0.3, 0.4) is 0 Å². The van der Waals surface area contributed by atoms with Gasteiger partial charge in [0.1, 0.15) is 5.82 Å². The Morgan fingerprint density at radius 1 is 1.44 bits per heavy atom. The van der Waals surface area contributed by atoms with Crippen LogP contribution in [0, 0.1) is 5.41 Å². The van der Waals surface area contributed by atoms with E-state index in [1.165, 1.54) is 6.20 Å². The lowest BCUT2D eigenvalue weighted by Gasteiger charge is -2.14. The maximum Gasteiger partial charge on any atom is 0.257 e. The zero-order valence-electron chi connectivity index (χ0n) is 11.0. The van der Waals surface area contributed by atoms with Crippen LogP contribution < -0.4 is 4.72 Å². The molecule has 1 aliphatic carbocycles. The topological polar surface area (TPSA) is 74.8 Å². The maximum atomic E-state index is 12.1. The third-order valence-electron chi connectivity index (χ3n) is 3.60. The fraction of sp³-hybridized carbons (Fsp3) is 0.750. The highest BCUT2D eigenvalue weighted by Gasteiger charge is 2.42. The minimum Gasteiger partial charge on any atom is -0.332 e. The van der Waals surface area contributed by atoms with Crippen molar-refractivity contribution in [3.8, 4) is 0 Å². The first-order valence-corrected chi connectivity index (χ1v) is 8.03. The Morgan fingerprint density at radius 2 is 2.17 bits per heavy atom. The molecular formula is C12H21N3O2S. The Balaban J connectivity index is 1.99. The fourth-order valence-corrected chi connectivity index (χ4v) is 3.30. The number of imidazole rings is 1. The monoisotopic (exact) mass is 271 g/mol. The van der Waals surface area contributed by atoms with E-state index in [1.807, 2.05) is 6.92 Å². The minimum absolute atomic E-state index is 0.173. The van der Waals surface area contributed by atoms with Crippen molar-refractivity contribution in [1.29, 1.82) is 0 Å². The Kier molecular flexibility index (Phi) is 3.77. The van der Waals surface area contributed by atoms with E-state index in [9.17, 15) is 8.42 Å². The van der Waals surface area contributed by atoms with Crippen molar-refractivity contribution in [2.75, 3.05) is 6.54 Å². The maximum absolute atomic E-state index is 12.1. The molecule has 0 atom stereocenters. The van der Waals surface area contributed by atoms with Gasteiger partial charge < -0.3 is 4.98 Å². The molecule has 0 bridgehead atoms. The molecule has 18 heavy (non-hydrogen) atoms. The molecule has 2 rings (SSSR count). The summed E-state index contributed by atoms with van der Waals surface area (Å²) in [6, 6.07) is 0. The second kappa shape index (κ2) is 5.01. The molecule has 1 fully saturated rings. The van der Waals surface area contributed by atoms with Gasteiger partial charge >= 0.3 is 0 Å². The number of aromatic nitrogens is 2. The van der Waals surface area contributed by atoms with Crippen molar-refractivity contribution in [3.05, 3.63) is 12.0 Å². The molecule has 1 aliphatic rings. The summed E-state index contributed by atoms with van der Waals surface area (Å²) in [5, 5.41) is 0.173. The number of nitrogens with one attached hydrogen (secondary N) is 2. The van der Waals surface area contributed by atoms with Gasteiger partial charge in [-0.2, -0.15) is 0 Å². The van der Waals surface area contributed by atoms with Gasteiger partial charge in [-0.1, -0.05) is 20.3 Å². The summed E-state index contributed by atoms with van der Waals surface area (Å²) in [7, 11) is -3.43. The highest BCUT2D eigenvalue weighted by Crippen LogP contribution is 2.49. The zero-order valence-corrected chi connectivity index (χ0v) is 11.8. The largest absolute Gasteiger partial charge is 0.332 e. The standard InChI is InChI=1S/C12H21N3O2S/c1-3-5-12(6-7-12)9-14-18(16,17)11-8-13-10(4-2)15-11/h8,14H,3-7,9H2,1-2H3,(H,13,15). The van der Waals surface area contributed by atoms with Crippen LogP contribution in [0.2, 0.25) is 0 Å². The highest BCUT2D eigenvalue weighted by atomic mass is 32.2. The van der Waals surface area contributed by atoms with Gasteiger partial charge in [-0.3, -0.25) is 0 Å². The van der Waals surface area contributed by atoms with Crippen molar-refractivity contribution in [1.82, 2.24) is 14.7 Å². The summed E-state index contributed by atoms with van der Waals surface area (Å²) in [5.74, 6) is 0.699. The quantitative estimate of drug-likeness (QED) is 0.794. The van der Waals surface area contributed by atoms with E-state index in [4.69, 9.17) is 0 Å². The lowest BCUT2D eigenvalue weighted by Crippen LogP contribution is -2.30. The van der Waals surface area contributed by atoms with E-state index in [0.717, 1.165) is 25.7 Å². The van der Waals surface area contributed by atoms with Crippen LogP contribution in [0.4, 0.5) is 0 Å². The Labute approximate surface area is 108 Å². The molecule has 5 nitrogen and oxygen atoms in total. The number of nitrogens with zero attached hydrogens (tertiary/aromatic N) is 1. The van der Waals surface area contributed by atoms with E-state index in [0.29, 0.717) is 18.8 Å². The van der Waals surface area contributed by atoms with Crippen molar-refractivity contribution in [2.45, 2.75) is 51.0 Å². The van der Waals surface area contributed by atoms with Crippen LogP contribution in [0.15, 0.2) is 11.2 Å². The van der Waals surface area contributed by atoms with Gasteiger partial charge in [0.15, 0.2) is 5.03 Å². The molecule has 6 heteroatoms. The van der Waals surface area contributed by atoms with Gasteiger partial charge in [0.2, 0.25) is 0 Å². The predicted molar refractivity (Wildman–Crippen MR) is 69.7 cm³/mol. The summed E-state index contributed by atoms with van der Waals surface area (Å²) in [6.07, 6.45) is 6.55. The van der Waals surface area contributed by atoms with Gasteiger partial charge in [-0.05, 0) is 24.7 Å². The van der Waals surface area contributed by atoms with Crippen LogP contribution in [-0.4, -0.2) is 24.9 Å². The number of hydrogen-bond donors (Lipinski definition) is 2. The molecule has 0 spiro atoms. The van der Waals surface area contributed by atoms with Crippen LogP contribution in [0.5, 0.6) is 0 Å². The molecule has 1 aromatic heterocycles. The van der Waals surface area contributed by atoms with Crippen molar-refractivity contribution < 1.29 is 8.42 Å². The first-order chi connectivity index (χ1) is 8.51. The smallest absolute Gasteiger partial charge is 0.257 e. The second-order valence-corrected chi connectivity index (χ2v) is 6.86. The summed E-state index contributed by atoms with van der Waals surface area (Å²) in [4.78, 5) is 6.85. The van der Waals surface area contributed by atoms with Crippen LogP contribution in [-0.2, 0) is 16.4 Å². The average molecular weight is 271 g/mol. The number of hydrogen-bond acceptors (Lipinski definition) is 3. The summed E-state index contributed by atoms with van der Waals surface area (Å²) >= 11 is 0. The van der Waals surface area contributed by atoms with Gasteiger partial charge in [-0.25, -0.2) is 18.1 Å². The zero-order chi connectivity index (χ0) is 13.2. The minimum atomic E-state index is -3.43. The first kappa shape index (κ1) is 13.5. The van der Waals surface area contributed by atoms with Gasteiger partial charge in [-0.15, -0.1) is 0 Å². The molecule has 0 aliphatic heterocycles. The SMILES string of the molecule is CCCC1(CNS(=O)(=O)c2cnc(CC)[nH]2)CC1. The third kappa shape index (κ3) is 2.92.